The van der Waals surface area contributed by atoms with E-state index in [1.54, 1.807) is 0 Å². The van der Waals surface area contributed by atoms with E-state index < -0.39 is 0 Å². The summed E-state index contributed by atoms with van der Waals surface area (Å²) in [5.41, 5.74) is 0. The highest BCUT2D eigenvalue weighted by Crippen LogP contribution is 2.09. The van der Waals surface area contributed by atoms with E-state index in [-0.39, 0.29) is 18.2 Å². The van der Waals surface area contributed by atoms with Crippen molar-refractivity contribution in [3.05, 3.63) is 24.3 Å². The summed E-state index contributed by atoms with van der Waals surface area (Å²) in [5.74, 6) is 0.00229. The Balaban J connectivity index is 3.27. The van der Waals surface area contributed by atoms with Gasteiger partial charge in [-0.1, -0.05) is 69.8 Å². The molecule has 0 bridgehead atoms. The second kappa shape index (κ2) is 18.0. The first-order valence-electron chi connectivity index (χ1n) is 9.74. The third-order valence-electron chi connectivity index (χ3n) is 3.92. The van der Waals surface area contributed by atoms with Gasteiger partial charge in [0.15, 0.2) is 0 Å². The van der Waals surface area contributed by atoms with Gasteiger partial charge in [0.05, 0.1) is 6.54 Å². The topological polar surface area (TPSA) is 46.2 Å². The minimum Gasteiger partial charge on any atom is -0.349 e. The molecule has 24 heavy (non-hydrogen) atoms. The molecular weight excluding hydrogens is 298 g/mol. The molecule has 0 fully saturated rings. The van der Waals surface area contributed by atoms with Crippen molar-refractivity contribution in [2.24, 2.45) is 0 Å². The van der Waals surface area contributed by atoms with Crippen LogP contribution in [0, 0.1) is 0 Å². The molecule has 1 N–H and O–H groups in total. The Morgan fingerprint density at radius 3 is 1.92 bits per heavy atom. The van der Waals surface area contributed by atoms with Gasteiger partial charge in [0.1, 0.15) is 5.78 Å². The number of carbonyl (C=O) groups excluding carboxylic acids is 2. The van der Waals surface area contributed by atoms with Crippen LogP contribution >= 0.6 is 0 Å². The Kier molecular flexibility index (Phi) is 16.9. The second-order valence-electron chi connectivity index (χ2n) is 6.49. The van der Waals surface area contributed by atoms with Gasteiger partial charge in [0.25, 0.3) is 0 Å². The number of nitrogens with one attached hydrogen (secondary N) is 1. The lowest BCUT2D eigenvalue weighted by Gasteiger charge is -2.03. The Morgan fingerprint density at radius 2 is 1.33 bits per heavy atom. The van der Waals surface area contributed by atoms with E-state index >= 15 is 0 Å². The van der Waals surface area contributed by atoms with E-state index in [0.29, 0.717) is 6.42 Å². The van der Waals surface area contributed by atoms with Gasteiger partial charge in [0, 0.05) is 6.42 Å². The van der Waals surface area contributed by atoms with Crippen LogP contribution in [-0.2, 0) is 9.59 Å². The van der Waals surface area contributed by atoms with Gasteiger partial charge in [-0.3, -0.25) is 9.59 Å². The van der Waals surface area contributed by atoms with Crippen molar-refractivity contribution in [3.63, 3.8) is 0 Å². The molecule has 0 aliphatic rings. The summed E-state index contributed by atoms with van der Waals surface area (Å²) in [6, 6.07) is 0. The van der Waals surface area contributed by atoms with E-state index in [1.165, 1.54) is 58.3 Å². The average molecular weight is 336 g/mol. The first-order valence-corrected chi connectivity index (χ1v) is 9.74. The predicted molar refractivity (Wildman–Crippen MR) is 103 cm³/mol. The van der Waals surface area contributed by atoms with Gasteiger partial charge >= 0.3 is 0 Å². The quantitative estimate of drug-likeness (QED) is 0.299. The fraction of sp³-hybridized carbons (Fsp3) is 0.714. The van der Waals surface area contributed by atoms with Crippen LogP contribution in [0.2, 0.25) is 0 Å². The summed E-state index contributed by atoms with van der Waals surface area (Å²) < 4.78 is 0. The number of Topliss-reactive ketones (excluding diaryl/α,β-unsaturated/α-hetero) is 1. The third-order valence-corrected chi connectivity index (χ3v) is 3.92. The molecule has 0 aromatic heterocycles. The Hall–Kier alpha value is -1.38. The Bertz CT molecular complexity index is 372. The van der Waals surface area contributed by atoms with Crippen LogP contribution in [0.3, 0.4) is 0 Å². The number of carbonyl (C=O) groups is 2. The van der Waals surface area contributed by atoms with Gasteiger partial charge in [-0.2, -0.15) is 0 Å². The Labute approximate surface area is 149 Å². The minimum atomic E-state index is -0.00177. The summed E-state index contributed by atoms with van der Waals surface area (Å²) in [7, 11) is 0. The molecule has 0 heterocycles. The molecule has 3 nitrogen and oxygen atoms in total. The minimum absolute atomic E-state index is 0.00177. The Morgan fingerprint density at radius 1 is 0.792 bits per heavy atom. The largest absolute Gasteiger partial charge is 0.349 e. The van der Waals surface area contributed by atoms with Crippen LogP contribution in [-0.4, -0.2) is 18.2 Å². The molecule has 138 valence electrons. The monoisotopic (exact) mass is 335 g/mol. The molecule has 0 rings (SSSR count). The zero-order chi connectivity index (χ0) is 17.9. The first-order chi connectivity index (χ1) is 11.7. The molecule has 0 radical (unpaired) electrons. The molecule has 1 amide bonds. The number of unbranched alkanes of at least 4 members (excludes halogenated alkanes) is 9. The molecule has 0 aliphatic carbocycles. The summed E-state index contributed by atoms with van der Waals surface area (Å²) in [5, 5.41) is 2.63. The molecule has 3 heteroatoms. The number of hydrogen-bond acceptors (Lipinski definition) is 2. The lowest BCUT2D eigenvalue weighted by atomic mass is 10.1. The molecule has 0 spiro atoms. The maximum atomic E-state index is 11.4. The normalized spacial score (nSPS) is 11.4. The third kappa shape index (κ3) is 18.7. The first kappa shape index (κ1) is 22.6. The SMILES string of the molecule is CCCCC/C=C\C=C\CCCCCCCCC(=O)NCC(C)=O. The van der Waals surface area contributed by atoms with Gasteiger partial charge in [-0.05, 0) is 39.0 Å². The molecule has 0 aromatic rings. The van der Waals surface area contributed by atoms with E-state index in [1.807, 2.05) is 0 Å². The fourth-order valence-electron chi connectivity index (χ4n) is 2.43. The zero-order valence-corrected chi connectivity index (χ0v) is 15.8. The highest BCUT2D eigenvalue weighted by atomic mass is 16.2. The number of amides is 1. The molecule has 0 aliphatic heterocycles. The highest BCUT2D eigenvalue weighted by Gasteiger charge is 2.01. The lowest BCUT2D eigenvalue weighted by Crippen LogP contribution is -2.27. The van der Waals surface area contributed by atoms with Crippen molar-refractivity contribution < 1.29 is 9.59 Å². The fourth-order valence-corrected chi connectivity index (χ4v) is 2.43. The smallest absolute Gasteiger partial charge is 0.220 e. The molecule has 0 unspecified atom stereocenters. The second-order valence-corrected chi connectivity index (χ2v) is 6.49. The summed E-state index contributed by atoms with van der Waals surface area (Å²) >= 11 is 0. The number of rotatable bonds is 16. The van der Waals surface area contributed by atoms with Crippen molar-refractivity contribution in [1.29, 1.82) is 0 Å². The maximum Gasteiger partial charge on any atom is 0.220 e. The number of allylic oxidation sites excluding steroid dienone is 4. The standard InChI is InChI=1S/C21H37NO2/c1-3-4-5-6-7-8-9-10-11-12-13-14-15-16-17-18-21(24)22-19-20(2)23/h7-10H,3-6,11-19H2,1-2H3,(H,22,24)/b8-7-,10-9+. The van der Waals surface area contributed by atoms with Crippen molar-refractivity contribution in [1.82, 2.24) is 5.32 Å². The van der Waals surface area contributed by atoms with Crippen molar-refractivity contribution in [3.8, 4) is 0 Å². The van der Waals surface area contributed by atoms with Gasteiger partial charge < -0.3 is 5.32 Å². The predicted octanol–water partition coefficient (Wildman–Crippen LogP) is 5.51. The number of ketones is 1. The molecule has 0 saturated carbocycles. The van der Waals surface area contributed by atoms with Crippen LogP contribution in [0.15, 0.2) is 24.3 Å². The summed E-state index contributed by atoms with van der Waals surface area (Å²) in [6.45, 7) is 3.89. The molecule has 0 saturated heterocycles. The van der Waals surface area contributed by atoms with Gasteiger partial charge in [-0.15, -0.1) is 0 Å². The van der Waals surface area contributed by atoms with Gasteiger partial charge in [-0.25, -0.2) is 0 Å². The van der Waals surface area contributed by atoms with Gasteiger partial charge in [0.2, 0.25) is 5.91 Å². The molecular formula is C21H37NO2. The van der Waals surface area contributed by atoms with Crippen molar-refractivity contribution in [2.45, 2.75) is 90.9 Å². The van der Waals surface area contributed by atoms with Crippen LogP contribution in [0.5, 0.6) is 0 Å². The zero-order valence-electron chi connectivity index (χ0n) is 15.8. The van der Waals surface area contributed by atoms with E-state index in [0.717, 1.165) is 19.3 Å². The maximum absolute atomic E-state index is 11.4. The van der Waals surface area contributed by atoms with Crippen LogP contribution in [0.25, 0.3) is 0 Å². The molecule has 0 aromatic carbocycles. The van der Waals surface area contributed by atoms with E-state index in [9.17, 15) is 9.59 Å². The van der Waals surface area contributed by atoms with Crippen molar-refractivity contribution >= 4 is 11.7 Å². The highest BCUT2D eigenvalue weighted by molar-refractivity contribution is 5.84. The summed E-state index contributed by atoms with van der Waals surface area (Å²) in [4.78, 5) is 22.1. The van der Waals surface area contributed by atoms with E-state index in [4.69, 9.17) is 0 Å². The van der Waals surface area contributed by atoms with Crippen LogP contribution in [0.1, 0.15) is 90.9 Å². The average Bonchev–Trinajstić information content (AvgIpc) is 2.56. The van der Waals surface area contributed by atoms with Crippen LogP contribution in [0.4, 0.5) is 0 Å². The number of hydrogen-bond donors (Lipinski definition) is 1. The molecule has 0 atom stereocenters. The summed E-state index contributed by atoms with van der Waals surface area (Å²) in [6.07, 6.45) is 22.7. The van der Waals surface area contributed by atoms with Crippen LogP contribution < -0.4 is 5.32 Å². The van der Waals surface area contributed by atoms with E-state index in [2.05, 4.69) is 36.5 Å². The lowest BCUT2D eigenvalue weighted by molar-refractivity contribution is -0.124. The van der Waals surface area contributed by atoms with Crippen molar-refractivity contribution in [2.75, 3.05) is 6.54 Å².